The van der Waals surface area contributed by atoms with Gasteiger partial charge in [-0.1, -0.05) is 41.9 Å². The van der Waals surface area contributed by atoms with Crippen LogP contribution in [0.15, 0.2) is 53.9 Å². The molecule has 3 aromatic rings. The van der Waals surface area contributed by atoms with Gasteiger partial charge in [0.1, 0.15) is 0 Å². The van der Waals surface area contributed by atoms with Crippen LogP contribution >= 0.6 is 22.9 Å². The Balaban J connectivity index is 1.82. The summed E-state index contributed by atoms with van der Waals surface area (Å²) in [4.78, 5) is 26.9. The molecule has 0 saturated carbocycles. The van der Waals surface area contributed by atoms with Crippen molar-refractivity contribution in [3.8, 4) is 11.3 Å². The molecular formula is C16H10ClN3O3S. The number of nitrogens with one attached hydrogen (secondary N) is 1. The molecule has 120 valence electrons. The highest BCUT2D eigenvalue weighted by molar-refractivity contribution is 7.14. The summed E-state index contributed by atoms with van der Waals surface area (Å²) < 4.78 is 0. The second-order valence-electron chi connectivity index (χ2n) is 4.78. The minimum atomic E-state index is -0.579. The van der Waals surface area contributed by atoms with Crippen LogP contribution in [-0.2, 0) is 0 Å². The predicted molar refractivity (Wildman–Crippen MR) is 93.6 cm³/mol. The van der Waals surface area contributed by atoms with Crippen LogP contribution in [0.3, 0.4) is 0 Å². The van der Waals surface area contributed by atoms with Crippen molar-refractivity contribution < 1.29 is 9.72 Å². The molecule has 0 bridgehead atoms. The van der Waals surface area contributed by atoms with Gasteiger partial charge >= 0.3 is 0 Å². The molecule has 1 aromatic heterocycles. The molecule has 0 spiro atoms. The summed E-state index contributed by atoms with van der Waals surface area (Å²) in [6.07, 6.45) is 0. The molecule has 1 heterocycles. The number of benzene rings is 2. The number of nitro benzene ring substituents is 1. The molecule has 1 amide bonds. The normalized spacial score (nSPS) is 10.4. The average molecular weight is 360 g/mol. The number of rotatable bonds is 4. The highest BCUT2D eigenvalue weighted by Gasteiger charge is 2.17. The van der Waals surface area contributed by atoms with Crippen molar-refractivity contribution >= 4 is 39.7 Å². The minimum absolute atomic E-state index is 0.0299. The second kappa shape index (κ2) is 6.77. The summed E-state index contributed by atoms with van der Waals surface area (Å²) in [6, 6.07) is 13.2. The summed E-state index contributed by atoms with van der Waals surface area (Å²) >= 11 is 7.23. The van der Waals surface area contributed by atoms with E-state index in [4.69, 9.17) is 11.6 Å². The third kappa shape index (κ3) is 3.42. The molecule has 0 saturated heterocycles. The highest BCUT2D eigenvalue weighted by atomic mass is 35.5. The van der Waals surface area contributed by atoms with Crippen molar-refractivity contribution in [2.45, 2.75) is 0 Å². The SMILES string of the molecule is O=C(Nc1nc(-c2ccccc2)cs1)c1cc([N+](=O)[O-])ccc1Cl. The fraction of sp³-hybridized carbons (Fsp3) is 0. The van der Waals surface area contributed by atoms with Gasteiger partial charge in [0.05, 0.1) is 21.2 Å². The first-order valence-electron chi connectivity index (χ1n) is 6.81. The van der Waals surface area contributed by atoms with Gasteiger partial charge in [0.25, 0.3) is 11.6 Å². The van der Waals surface area contributed by atoms with Crippen molar-refractivity contribution in [3.05, 3.63) is 74.6 Å². The van der Waals surface area contributed by atoms with Crippen molar-refractivity contribution in [3.63, 3.8) is 0 Å². The van der Waals surface area contributed by atoms with E-state index < -0.39 is 10.8 Å². The molecule has 24 heavy (non-hydrogen) atoms. The van der Waals surface area contributed by atoms with Crippen LogP contribution in [-0.4, -0.2) is 15.8 Å². The predicted octanol–water partition coefficient (Wildman–Crippen LogP) is 4.62. The molecule has 1 N–H and O–H groups in total. The van der Waals surface area contributed by atoms with Crippen LogP contribution < -0.4 is 5.32 Å². The molecule has 0 aliphatic heterocycles. The summed E-state index contributed by atoms with van der Waals surface area (Å²) in [5.74, 6) is -0.544. The number of nitro groups is 1. The van der Waals surface area contributed by atoms with Crippen molar-refractivity contribution in [2.24, 2.45) is 0 Å². The van der Waals surface area contributed by atoms with E-state index in [1.54, 1.807) is 0 Å². The number of anilines is 1. The Morgan fingerprint density at radius 2 is 1.96 bits per heavy atom. The summed E-state index contributed by atoms with van der Waals surface area (Å²) in [5.41, 5.74) is 1.50. The van der Waals surface area contributed by atoms with Crippen molar-refractivity contribution in [1.82, 2.24) is 4.98 Å². The van der Waals surface area contributed by atoms with Crippen LogP contribution in [0.5, 0.6) is 0 Å². The third-order valence-corrected chi connectivity index (χ3v) is 4.29. The Hall–Kier alpha value is -2.77. The molecule has 0 atom stereocenters. The van der Waals surface area contributed by atoms with Gasteiger partial charge in [-0.05, 0) is 6.07 Å². The van der Waals surface area contributed by atoms with E-state index in [1.165, 1.54) is 23.5 Å². The monoisotopic (exact) mass is 359 g/mol. The van der Waals surface area contributed by atoms with E-state index >= 15 is 0 Å². The first kappa shape index (κ1) is 16.1. The average Bonchev–Trinajstić information content (AvgIpc) is 3.04. The largest absolute Gasteiger partial charge is 0.298 e. The van der Waals surface area contributed by atoms with Crippen molar-refractivity contribution in [1.29, 1.82) is 0 Å². The first-order valence-corrected chi connectivity index (χ1v) is 8.06. The number of halogens is 1. The molecule has 0 unspecified atom stereocenters. The fourth-order valence-electron chi connectivity index (χ4n) is 2.04. The number of thiazole rings is 1. The van der Waals surface area contributed by atoms with Gasteiger partial charge in [0.15, 0.2) is 5.13 Å². The van der Waals surface area contributed by atoms with Crippen LogP contribution in [0, 0.1) is 10.1 Å². The Bertz CT molecular complexity index is 912. The van der Waals surface area contributed by atoms with E-state index in [1.807, 2.05) is 35.7 Å². The number of non-ortho nitro benzene ring substituents is 1. The lowest BCUT2D eigenvalue weighted by Crippen LogP contribution is -2.12. The van der Waals surface area contributed by atoms with Gasteiger partial charge in [-0.15, -0.1) is 11.3 Å². The molecule has 0 fully saturated rings. The topological polar surface area (TPSA) is 85.1 Å². The van der Waals surface area contributed by atoms with Crippen LogP contribution in [0.2, 0.25) is 5.02 Å². The lowest BCUT2D eigenvalue weighted by molar-refractivity contribution is -0.384. The van der Waals surface area contributed by atoms with Crippen LogP contribution in [0.25, 0.3) is 11.3 Å². The lowest BCUT2D eigenvalue weighted by Gasteiger charge is -2.04. The van der Waals surface area contributed by atoms with E-state index in [2.05, 4.69) is 10.3 Å². The minimum Gasteiger partial charge on any atom is -0.298 e. The van der Waals surface area contributed by atoms with E-state index in [-0.39, 0.29) is 16.3 Å². The summed E-state index contributed by atoms with van der Waals surface area (Å²) in [6.45, 7) is 0. The third-order valence-electron chi connectivity index (χ3n) is 3.20. The number of carbonyl (C=O) groups is 1. The number of amides is 1. The van der Waals surface area contributed by atoms with E-state index in [0.717, 1.165) is 17.3 Å². The maximum Gasteiger partial charge on any atom is 0.270 e. The zero-order chi connectivity index (χ0) is 17.1. The van der Waals surface area contributed by atoms with E-state index in [0.29, 0.717) is 5.13 Å². The molecule has 0 radical (unpaired) electrons. The Morgan fingerprint density at radius 1 is 1.21 bits per heavy atom. The fourth-order valence-corrected chi connectivity index (χ4v) is 2.96. The van der Waals surface area contributed by atoms with Gasteiger partial charge < -0.3 is 0 Å². The van der Waals surface area contributed by atoms with Crippen LogP contribution in [0.4, 0.5) is 10.8 Å². The van der Waals surface area contributed by atoms with Crippen LogP contribution in [0.1, 0.15) is 10.4 Å². The highest BCUT2D eigenvalue weighted by Crippen LogP contribution is 2.27. The molecule has 8 heteroatoms. The summed E-state index contributed by atoms with van der Waals surface area (Å²) in [7, 11) is 0. The van der Waals surface area contributed by atoms with Gasteiger partial charge in [0, 0.05) is 23.1 Å². The molecule has 0 aliphatic rings. The first-order chi connectivity index (χ1) is 11.5. The van der Waals surface area contributed by atoms with Gasteiger partial charge in [-0.25, -0.2) is 4.98 Å². The maximum absolute atomic E-state index is 12.3. The van der Waals surface area contributed by atoms with Gasteiger partial charge in [-0.2, -0.15) is 0 Å². The van der Waals surface area contributed by atoms with Crippen molar-refractivity contribution in [2.75, 3.05) is 5.32 Å². The second-order valence-corrected chi connectivity index (χ2v) is 6.04. The zero-order valence-corrected chi connectivity index (χ0v) is 13.7. The number of hydrogen-bond acceptors (Lipinski definition) is 5. The summed E-state index contributed by atoms with van der Waals surface area (Å²) in [5, 5.41) is 15.8. The zero-order valence-electron chi connectivity index (χ0n) is 12.1. The van der Waals surface area contributed by atoms with E-state index in [9.17, 15) is 14.9 Å². The number of nitrogens with zero attached hydrogens (tertiary/aromatic N) is 2. The number of hydrogen-bond donors (Lipinski definition) is 1. The van der Waals surface area contributed by atoms with Gasteiger partial charge in [0.2, 0.25) is 0 Å². The maximum atomic E-state index is 12.3. The Kier molecular flexibility index (Phi) is 4.54. The molecular weight excluding hydrogens is 350 g/mol. The Labute approximate surface area is 145 Å². The van der Waals surface area contributed by atoms with Gasteiger partial charge in [-0.3, -0.25) is 20.2 Å². The Morgan fingerprint density at radius 3 is 2.67 bits per heavy atom. The smallest absolute Gasteiger partial charge is 0.270 e. The lowest BCUT2D eigenvalue weighted by atomic mass is 10.2. The molecule has 6 nitrogen and oxygen atoms in total. The number of aromatic nitrogens is 1. The standard InChI is InChI=1S/C16H10ClN3O3S/c17-13-7-6-11(20(22)23)8-12(13)15(21)19-16-18-14(9-24-16)10-4-2-1-3-5-10/h1-9H,(H,18,19,21). The molecule has 3 rings (SSSR count). The molecule has 2 aromatic carbocycles. The quantitative estimate of drug-likeness (QED) is 0.543. The molecule has 0 aliphatic carbocycles. The number of carbonyl (C=O) groups excluding carboxylic acids is 1.